The van der Waals surface area contributed by atoms with Crippen LogP contribution in [-0.2, 0) is 0 Å². The zero-order valence-electron chi connectivity index (χ0n) is 8.34. The number of nitriles is 1. The molecule has 0 saturated carbocycles. The highest BCUT2D eigenvalue weighted by Gasteiger charge is 2.03. The molecule has 0 aliphatic carbocycles. The normalized spacial score (nSPS) is 11.1. The van der Waals surface area contributed by atoms with E-state index in [2.05, 4.69) is 4.98 Å². The van der Waals surface area contributed by atoms with Crippen LogP contribution in [0.3, 0.4) is 0 Å². The van der Waals surface area contributed by atoms with Crippen LogP contribution in [0.15, 0.2) is 49.1 Å². The summed E-state index contributed by atoms with van der Waals surface area (Å²) in [5, 5.41) is 8.72. The fourth-order valence-electron chi connectivity index (χ4n) is 1.39. The van der Waals surface area contributed by atoms with Gasteiger partial charge in [-0.1, -0.05) is 0 Å². The zero-order valence-corrected chi connectivity index (χ0v) is 8.34. The van der Waals surface area contributed by atoms with Gasteiger partial charge in [-0.2, -0.15) is 5.26 Å². The molecular weight excluding hydrogens is 205 g/mol. The SMILES string of the molecule is N#C/C=C(\c1ccc(F)cc1)n1ccnc1. The van der Waals surface area contributed by atoms with E-state index in [-0.39, 0.29) is 5.82 Å². The lowest BCUT2D eigenvalue weighted by Gasteiger charge is -2.06. The lowest BCUT2D eigenvalue weighted by atomic mass is 10.1. The van der Waals surface area contributed by atoms with Gasteiger partial charge in [-0.3, -0.25) is 0 Å². The van der Waals surface area contributed by atoms with E-state index in [1.807, 2.05) is 6.07 Å². The van der Waals surface area contributed by atoms with Crippen LogP contribution in [0.25, 0.3) is 5.70 Å². The van der Waals surface area contributed by atoms with Crippen molar-refractivity contribution in [2.24, 2.45) is 0 Å². The van der Waals surface area contributed by atoms with Gasteiger partial charge in [0.05, 0.1) is 18.1 Å². The molecule has 0 unspecified atom stereocenters. The first-order chi connectivity index (χ1) is 7.81. The Morgan fingerprint density at radius 3 is 2.69 bits per heavy atom. The minimum absolute atomic E-state index is 0.300. The van der Waals surface area contributed by atoms with E-state index in [4.69, 9.17) is 5.26 Å². The second-order valence-corrected chi connectivity index (χ2v) is 3.14. The van der Waals surface area contributed by atoms with Crippen molar-refractivity contribution in [3.8, 4) is 6.07 Å². The van der Waals surface area contributed by atoms with Crippen LogP contribution >= 0.6 is 0 Å². The van der Waals surface area contributed by atoms with Crippen LogP contribution in [0.4, 0.5) is 4.39 Å². The first-order valence-electron chi connectivity index (χ1n) is 4.65. The van der Waals surface area contributed by atoms with Crippen molar-refractivity contribution in [2.45, 2.75) is 0 Å². The average molecular weight is 213 g/mol. The van der Waals surface area contributed by atoms with E-state index in [1.54, 1.807) is 35.4 Å². The minimum Gasteiger partial charge on any atom is -0.305 e. The number of nitrogens with zero attached hydrogens (tertiary/aromatic N) is 3. The minimum atomic E-state index is -0.300. The van der Waals surface area contributed by atoms with Crippen molar-refractivity contribution in [2.75, 3.05) is 0 Å². The van der Waals surface area contributed by atoms with Crippen LogP contribution in [0.2, 0.25) is 0 Å². The molecule has 2 aromatic rings. The fourth-order valence-corrected chi connectivity index (χ4v) is 1.39. The Hall–Kier alpha value is -2.41. The molecule has 0 N–H and O–H groups in total. The first-order valence-corrected chi connectivity index (χ1v) is 4.65. The topological polar surface area (TPSA) is 41.6 Å². The Morgan fingerprint density at radius 2 is 2.12 bits per heavy atom. The lowest BCUT2D eigenvalue weighted by Crippen LogP contribution is -1.95. The van der Waals surface area contributed by atoms with Crippen molar-refractivity contribution in [3.05, 3.63) is 60.4 Å². The van der Waals surface area contributed by atoms with E-state index in [0.717, 1.165) is 5.56 Å². The summed E-state index contributed by atoms with van der Waals surface area (Å²) in [6.07, 6.45) is 6.34. The smallest absolute Gasteiger partial charge is 0.123 e. The Morgan fingerprint density at radius 1 is 1.38 bits per heavy atom. The van der Waals surface area contributed by atoms with Gasteiger partial charge < -0.3 is 4.57 Å². The standard InChI is InChI=1S/C12H8FN3/c13-11-3-1-10(2-4-11)12(5-6-14)16-8-7-15-9-16/h1-5,7-9H/b12-5+. The molecule has 0 bridgehead atoms. The maximum Gasteiger partial charge on any atom is 0.123 e. The quantitative estimate of drug-likeness (QED) is 0.719. The molecule has 0 aliphatic heterocycles. The van der Waals surface area contributed by atoms with Gasteiger partial charge in [-0.25, -0.2) is 9.37 Å². The maximum absolute atomic E-state index is 12.8. The van der Waals surface area contributed by atoms with Crippen LogP contribution in [0.1, 0.15) is 5.56 Å². The molecule has 1 heterocycles. The molecular formula is C12H8FN3. The monoisotopic (exact) mass is 213 g/mol. The number of rotatable bonds is 2. The lowest BCUT2D eigenvalue weighted by molar-refractivity contribution is 0.627. The molecule has 0 spiro atoms. The highest BCUT2D eigenvalue weighted by atomic mass is 19.1. The van der Waals surface area contributed by atoms with Gasteiger partial charge in [0.25, 0.3) is 0 Å². The third-order valence-corrected chi connectivity index (χ3v) is 2.12. The Kier molecular flexibility index (Phi) is 2.79. The molecule has 0 amide bonds. The van der Waals surface area contributed by atoms with E-state index < -0.39 is 0 Å². The van der Waals surface area contributed by atoms with E-state index in [1.165, 1.54) is 18.2 Å². The summed E-state index contributed by atoms with van der Waals surface area (Å²) < 4.78 is 14.5. The summed E-state index contributed by atoms with van der Waals surface area (Å²) >= 11 is 0. The number of hydrogen-bond donors (Lipinski definition) is 0. The van der Waals surface area contributed by atoms with Gasteiger partial charge in [0.15, 0.2) is 0 Å². The summed E-state index contributed by atoms with van der Waals surface area (Å²) in [7, 11) is 0. The number of aromatic nitrogens is 2. The number of benzene rings is 1. The second kappa shape index (κ2) is 4.41. The molecule has 16 heavy (non-hydrogen) atoms. The van der Waals surface area contributed by atoms with Crippen molar-refractivity contribution in [1.82, 2.24) is 9.55 Å². The van der Waals surface area contributed by atoms with Crippen molar-refractivity contribution >= 4 is 5.70 Å². The first kappa shape index (κ1) is 10.1. The third-order valence-electron chi connectivity index (χ3n) is 2.12. The van der Waals surface area contributed by atoms with Crippen molar-refractivity contribution < 1.29 is 4.39 Å². The molecule has 0 fully saturated rings. The summed E-state index contributed by atoms with van der Waals surface area (Å²) in [6, 6.07) is 7.93. The molecule has 0 saturated heterocycles. The molecule has 0 radical (unpaired) electrons. The second-order valence-electron chi connectivity index (χ2n) is 3.14. The van der Waals surface area contributed by atoms with Crippen LogP contribution in [-0.4, -0.2) is 9.55 Å². The largest absolute Gasteiger partial charge is 0.305 e. The van der Waals surface area contributed by atoms with Crippen molar-refractivity contribution in [3.63, 3.8) is 0 Å². The number of hydrogen-bond acceptors (Lipinski definition) is 2. The third kappa shape index (κ3) is 1.98. The van der Waals surface area contributed by atoms with Gasteiger partial charge in [0.1, 0.15) is 5.82 Å². The molecule has 1 aromatic carbocycles. The molecule has 0 aliphatic rings. The van der Waals surface area contributed by atoms with Crippen LogP contribution in [0, 0.1) is 17.1 Å². The summed E-state index contributed by atoms with van der Waals surface area (Å²) in [6.45, 7) is 0. The number of allylic oxidation sites excluding steroid dienone is 1. The average Bonchev–Trinajstić information content (AvgIpc) is 2.81. The summed E-state index contributed by atoms with van der Waals surface area (Å²) in [4.78, 5) is 3.91. The van der Waals surface area contributed by atoms with E-state index in [9.17, 15) is 4.39 Å². The zero-order chi connectivity index (χ0) is 11.4. The maximum atomic E-state index is 12.8. The van der Waals surface area contributed by atoms with Gasteiger partial charge in [0.2, 0.25) is 0 Å². The molecule has 1 aromatic heterocycles. The molecule has 4 heteroatoms. The summed E-state index contributed by atoms with van der Waals surface area (Å²) in [5.74, 6) is -0.300. The number of imidazole rings is 1. The Bertz CT molecular complexity index is 533. The van der Waals surface area contributed by atoms with Gasteiger partial charge >= 0.3 is 0 Å². The van der Waals surface area contributed by atoms with Crippen LogP contribution < -0.4 is 0 Å². The van der Waals surface area contributed by atoms with Crippen LogP contribution in [0.5, 0.6) is 0 Å². The Balaban J connectivity index is 2.47. The van der Waals surface area contributed by atoms with Gasteiger partial charge in [-0.15, -0.1) is 0 Å². The number of halogens is 1. The molecule has 3 nitrogen and oxygen atoms in total. The van der Waals surface area contributed by atoms with E-state index >= 15 is 0 Å². The highest BCUT2D eigenvalue weighted by Crippen LogP contribution is 2.16. The van der Waals surface area contributed by atoms with E-state index in [0.29, 0.717) is 5.70 Å². The Labute approximate surface area is 92.1 Å². The molecule has 78 valence electrons. The van der Waals surface area contributed by atoms with Gasteiger partial charge in [0, 0.05) is 18.5 Å². The summed E-state index contributed by atoms with van der Waals surface area (Å²) in [5.41, 5.74) is 1.43. The fraction of sp³-hybridized carbons (Fsp3) is 0. The van der Waals surface area contributed by atoms with Gasteiger partial charge in [-0.05, 0) is 29.8 Å². The highest BCUT2D eigenvalue weighted by molar-refractivity contribution is 5.67. The molecule has 0 atom stereocenters. The predicted molar refractivity (Wildman–Crippen MR) is 57.6 cm³/mol. The van der Waals surface area contributed by atoms with Crippen molar-refractivity contribution in [1.29, 1.82) is 5.26 Å². The molecule has 2 rings (SSSR count). The predicted octanol–water partition coefficient (Wildman–Crippen LogP) is 2.43.